The van der Waals surface area contributed by atoms with Crippen molar-refractivity contribution in [2.45, 2.75) is 13.3 Å². The van der Waals surface area contributed by atoms with Gasteiger partial charge in [-0.25, -0.2) is 0 Å². The van der Waals surface area contributed by atoms with Gasteiger partial charge in [-0.3, -0.25) is 4.79 Å². The quantitative estimate of drug-likeness (QED) is 0.815. The SMILES string of the molecule is CC(=O)N1CCc2ccc(/C=C/CN)cc21. The van der Waals surface area contributed by atoms with Gasteiger partial charge in [0.2, 0.25) is 5.91 Å². The first-order valence-corrected chi connectivity index (χ1v) is 5.50. The lowest BCUT2D eigenvalue weighted by molar-refractivity contribution is -0.116. The molecule has 0 aromatic heterocycles. The third-order valence-corrected chi connectivity index (χ3v) is 2.83. The molecule has 1 heterocycles. The number of carbonyl (C=O) groups excluding carboxylic acids is 1. The van der Waals surface area contributed by atoms with Crippen molar-refractivity contribution in [3.05, 3.63) is 35.4 Å². The van der Waals surface area contributed by atoms with Crippen molar-refractivity contribution in [3.63, 3.8) is 0 Å². The molecule has 0 bridgehead atoms. The van der Waals surface area contributed by atoms with Gasteiger partial charge in [0.15, 0.2) is 0 Å². The molecule has 0 spiro atoms. The number of benzene rings is 1. The van der Waals surface area contributed by atoms with E-state index in [0.29, 0.717) is 6.54 Å². The maximum absolute atomic E-state index is 11.4. The van der Waals surface area contributed by atoms with E-state index in [2.05, 4.69) is 18.2 Å². The number of anilines is 1. The molecule has 0 atom stereocenters. The molecule has 0 unspecified atom stereocenters. The molecule has 16 heavy (non-hydrogen) atoms. The summed E-state index contributed by atoms with van der Waals surface area (Å²) in [7, 11) is 0. The zero-order chi connectivity index (χ0) is 11.5. The number of fused-ring (bicyclic) bond motifs is 1. The largest absolute Gasteiger partial charge is 0.327 e. The van der Waals surface area contributed by atoms with Gasteiger partial charge in [0.05, 0.1) is 0 Å². The van der Waals surface area contributed by atoms with E-state index in [9.17, 15) is 4.79 Å². The number of hydrogen-bond donors (Lipinski definition) is 1. The summed E-state index contributed by atoms with van der Waals surface area (Å²) in [6, 6.07) is 6.21. The second kappa shape index (κ2) is 4.49. The summed E-state index contributed by atoms with van der Waals surface area (Å²) in [5.74, 6) is 0.110. The Morgan fingerprint density at radius 3 is 3.06 bits per heavy atom. The Hall–Kier alpha value is -1.61. The Morgan fingerprint density at radius 2 is 2.38 bits per heavy atom. The molecule has 84 valence electrons. The summed E-state index contributed by atoms with van der Waals surface area (Å²) in [6.45, 7) is 2.94. The Labute approximate surface area is 95.6 Å². The molecule has 0 saturated heterocycles. The lowest BCUT2D eigenvalue weighted by atomic mass is 10.1. The molecule has 0 radical (unpaired) electrons. The molecule has 1 aromatic rings. The van der Waals surface area contributed by atoms with Gasteiger partial charge in [-0.2, -0.15) is 0 Å². The molecule has 3 heteroatoms. The van der Waals surface area contributed by atoms with E-state index in [1.165, 1.54) is 5.56 Å². The van der Waals surface area contributed by atoms with Crippen LogP contribution in [0.2, 0.25) is 0 Å². The average Bonchev–Trinajstić information content (AvgIpc) is 2.69. The van der Waals surface area contributed by atoms with Crippen molar-refractivity contribution in [1.29, 1.82) is 0 Å². The van der Waals surface area contributed by atoms with E-state index >= 15 is 0 Å². The van der Waals surface area contributed by atoms with E-state index in [1.807, 2.05) is 17.1 Å². The van der Waals surface area contributed by atoms with Crippen LogP contribution in [-0.2, 0) is 11.2 Å². The lowest BCUT2D eigenvalue weighted by Crippen LogP contribution is -2.25. The molecular formula is C13H16N2O. The second-order valence-corrected chi connectivity index (χ2v) is 3.95. The normalized spacial score (nSPS) is 14.5. The van der Waals surface area contributed by atoms with Crippen LogP contribution in [0, 0.1) is 0 Å². The fraction of sp³-hybridized carbons (Fsp3) is 0.308. The number of rotatable bonds is 2. The molecule has 2 N–H and O–H groups in total. The fourth-order valence-corrected chi connectivity index (χ4v) is 2.03. The van der Waals surface area contributed by atoms with E-state index < -0.39 is 0 Å². The van der Waals surface area contributed by atoms with Gasteiger partial charge in [0, 0.05) is 25.7 Å². The van der Waals surface area contributed by atoms with Crippen molar-refractivity contribution >= 4 is 17.7 Å². The highest BCUT2D eigenvalue weighted by molar-refractivity contribution is 5.94. The minimum atomic E-state index is 0.110. The summed E-state index contributed by atoms with van der Waals surface area (Å²) in [5, 5.41) is 0. The maximum Gasteiger partial charge on any atom is 0.223 e. The van der Waals surface area contributed by atoms with Crippen LogP contribution in [0.15, 0.2) is 24.3 Å². The summed E-state index contributed by atoms with van der Waals surface area (Å²) in [5.41, 5.74) is 8.81. The topological polar surface area (TPSA) is 46.3 Å². The number of nitrogens with zero attached hydrogens (tertiary/aromatic N) is 1. The third-order valence-electron chi connectivity index (χ3n) is 2.83. The first kappa shape index (κ1) is 10.9. The highest BCUT2D eigenvalue weighted by atomic mass is 16.2. The third kappa shape index (κ3) is 1.99. The van der Waals surface area contributed by atoms with E-state index in [1.54, 1.807) is 6.92 Å². The van der Waals surface area contributed by atoms with E-state index in [0.717, 1.165) is 24.2 Å². The van der Waals surface area contributed by atoms with Crippen molar-refractivity contribution in [2.75, 3.05) is 18.0 Å². The number of hydrogen-bond acceptors (Lipinski definition) is 2. The zero-order valence-corrected chi connectivity index (χ0v) is 9.44. The standard InChI is InChI=1S/C13H16N2O/c1-10(16)15-8-6-12-5-4-11(3-2-7-14)9-13(12)15/h2-5,9H,6-8,14H2,1H3/b3-2+. The van der Waals surface area contributed by atoms with Gasteiger partial charge in [0.25, 0.3) is 0 Å². The Morgan fingerprint density at radius 1 is 1.56 bits per heavy atom. The molecule has 1 aromatic carbocycles. The maximum atomic E-state index is 11.4. The summed E-state index contributed by atoms with van der Waals surface area (Å²) in [4.78, 5) is 13.3. The molecule has 1 aliphatic rings. The van der Waals surface area contributed by atoms with Crippen molar-refractivity contribution in [3.8, 4) is 0 Å². The molecule has 0 fully saturated rings. The van der Waals surface area contributed by atoms with Crippen LogP contribution in [0.5, 0.6) is 0 Å². The first-order chi connectivity index (χ1) is 7.72. The predicted molar refractivity (Wildman–Crippen MR) is 66.3 cm³/mol. The van der Waals surface area contributed by atoms with Crippen LogP contribution in [-0.4, -0.2) is 19.0 Å². The van der Waals surface area contributed by atoms with Gasteiger partial charge in [-0.1, -0.05) is 24.3 Å². The molecule has 0 aliphatic carbocycles. The van der Waals surface area contributed by atoms with Gasteiger partial charge in [0.1, 0.15) is 0 Å². The minimum absolute atomic E-state index is 0.110. The van der Waals surface area contributed by atoms with Crippen LogP contribution < -0.4 is 10.6 Å². The van der Waals surface area contributed by atoms with E-state index in [4.69, 9.17) is 5.73 Å². The van der Waals surface area contributed by atoms with Crippen LogP contribution in [0.4, 0.5) is 5.69 Å². The van der Waals surface area contributed by atoms with Crippen LogP contribution in [0.3, 0.4) is 0 Å². The van der Waals surface area contributed by atoms with Gasteiger partial charge in [-0.15, -0.1) is 0 Å². The number of amides is 1. The summed E-state index contributed by atoms with van der Waals surface area (Å²) < 4.78 is 0. The van der Waals surface area contributed by atoms with Crippen LogP contribution in [0.25, 0.3) is 6.08 Å². The monoisotopic (exact) mass is 216 g/mol. The van der Waals surface area contributed by atoms with Crippen molar-refractivity contribution < 1.29 is 4.79 Å². The van der Waals surface area contributed by atoms with Gasteiger partial charge >= 0.3 is 0 Å². The number of nitrogens with two attached hydrogens (primary N) is 1. The van der Waals surface area contributed by atoms with Gasteiger partial charge < -0.3 is 10.6 Å². The average molecular weight is 216 g/mol. The van der Waals surface area contributed by atoms with Crippen molar-refractivity contribution in [1.82, 2.24) is 0 Å². The highest BCUT2D eigenvalue weighted by Gasteiger charge is 2.21. The number of carbonyl (C=O) groups is 1. The lowest BCUT2D eigenvalue weighted by Gasteiger charge is -2.14. The Balaban J connectivity index is 2.33. The second-order valence-electron chi connectivity index (χ2n) is 3.95. The van der Waals surface area contributed by atoms with E-state index in [-0.39, 0.29) is 5.91 Å². The molecule has 1 amide bonds. The van der Waals surface area contributed by atoms with Crippen LogP contribution >= 0.6 is 0 Å². The van der Waals surface area contributed by atoms with Crippen molar-refractivity contribution in [2.24, 2.45) is 5.73 Å². The Kier molecular flexibility index (Phi) is 3.06. The fourth-order valence-electron chi connectivity index (χ4n) is 2.03. The summed E-state index contributed by atoms with van der Waals surface area (Å²) in [6.07, 6.45) is 4.85. The minimum Gasteiger partial charge on any atom is -0.327 e. The zero-order valence-electron chi connectivity index (χ0n) is 9.44. The molecule has 1 aliphatic heterocycles. The highest BCUT2D eigenvalue weighted by Crippen LogP contribution is 2.29. The molecule has 2 rings (SSSR count). The molecule has 0 saturated carbocycles. The predicted octanol–water partition coefficient (Wildman–Crippen LogP) is 1.57. The molecule has 3 nitrogen and oxygen atoms in total. The first-order valence-electron chi connectivity index (χ1n) is 5.50. The Bertz CT molecular complexity index is 438. The molecular weight excluding hydrogens is 200 g/mol. The van der Waals surface area contributed by atoms with Gasteiger partial charge in [-0.05, 0) is 23.6 Å². The van der Waals surface area contributed by atoms with Crippen LogP contribution in [0.1, 0.15) is 18.1 Å². The smallest absolute Gasteiger partial charge is 0.223 e. The summed E-state index contributed by atoms with van der Waals surface area (Å²) >= 11 is 0.